The number of aromatic nitrogens is 8. The first kappa shape index (κ1) is 55.5. The van der Waals surface area contributed by atoms with Gasteiger partial charge in [-0.1, -0.05) is 0 Å². The fraction of sp³-hybridized carbons (Fsp3) is 0.0417. The number of carbonyl (C=O) groups is 1. The van der Waals surface area contributed by atoms with Crippen LogP contribution in [0.15, 0.2) is 217 Å². The molecule has 15 aromatic rings. The molecule has 23 heteroatoms. The van der Waals surface area contributed by atoms with E-state index in [0.29, 0.717) is 134 Å². The Bertz CT molecular complexity index is 6310. The van der Waals surface area contributed by atoms with Gasteiger partial charge in [0.25, 0.3) is 0 Å². The maximum atomic E-state index is 12.4. The minimum Gasteiger partial charge on any atom is -0.477 e. The third-order valence-electron chi connectivity index (χ3n) is 16.4. The number of nitrogens with zero attached hydrogens (tertiary/aromatic N) is 8. The molecule has 0 saturated heterocycles. The number of hydrogen-bond acceptors (Lipinski definition) is 20. The molecule has 0 unspecified atom stereocenters. The van der Waals surface area contributed by atoms with Gasteiger partial charge in [-0.2, -0.15) is 10.2 Å². The van der Waals surface area contributed by atoms with Crippen molar-refractivity contribution in [2.24, 2.45) is 10.2 Å². The second-order valence-corrected chi connectivity index (χ2v) is 22.7. The third kappa shape index (κ3) is 9.91. The third-order valence-corrected chi connectivity index (χ3v) is 16.4. The van der Waals surface area contributed by atoms with E-state index in [1.54, 1.807) is 91.0 Å². The summed E-state index contributed by atoms with van der Waals surface area (Å²) in [5, 5.41) is 23.6. The van der Waals surface area contributed by atoms with Gasteiger partial charge >= 0.3 is 28.5 Å². The summed E-state index contributed by atoms with van der Waals surface area (Å²) in [5.41, 5.74) is 4.93. The molecule has 7 aromatic heterocycles. The first-order valence-corrected chi connectivity index (χ1v) is 29.4. The Kier molecular flexibility index (Phi) is 12.4. The first-order valence-electron chi connectivity index (χ1n) is 29.4. The number of nitrogens with one attached hydrogen (secondary N) is 2. The van der Waals surface area contributed by atoms with Crippen molar-refractivity contribution in [3.05, 3.63) is 234 Å². The van der Waals surface area contributed by atoms with Gasteiger partial charge in [0.05, 0.1) is 11.4 Å². The van der Waals surface area contributed by atoms with Crippen LogP contribution in [-0.2, 0) is 0 Å². The first-order chi connectivity index (χ1) is 46.1. The molecule has 0 saturated carbocycles. The largest absolute Gasteiger partial charge is 0.477 e. The number of H-pyrrole nitrogens is 2. The fourth-order valence-corrected chi connectivity index (χ4v) is 11.9. The number of aryl methyl sites for hydroxylation is 3. The van der Waals surface area contributed by atoms with Gasteiger partial charge < -0.3 is 47.0 Å². The van der Waals surface area contributed by atoms with Crippen LogP contribution in [0.4, 0.5) is 11.4 Å². The van der Waals surface area contributed by atoms with Gasteiger partial charge in [0, 0.05) is 102 Å². The average molecular weight is 1250 g/mol. The second-order valence-electron chi connectivity index (χ2n) is 22.7. The molecule has 17 rings (SSSR count). The van der Waals surface area contributed by atoms with E-state index in [-0.39, 0.29) is 28.9 Å². The SMILES string of the molecule is Cc1cc(=O)oc2cc(Oc3ccc4c(c3)-c3nc-4nc4[nH]c(nc5nc(nc6[nH]c(n3)c3ccc(N=Nc7ccc8oc(=O)c(C(=O)O)cc8c7)cc63)-c3ccc(Oc6ccc7c(C)cc(=O)oc7c6)cc3-5)c3ccc(Oc5ccc6c(C)cc(=O)oc6c5)cc43)ccc12. The normalized spacial score (nSPS) is 11.9. The van der Waals surface area contributed by atoms with Crippen LogP contribution in [0.25, 0.3) is 134 Å². The zero-order valence-electron chi connectivity index (χ0n) is 49.6. The van der Waals surface area contributed by atoms with Crippen LogP contribution in [0.5, 0.6) is 34.5 Å². The Morgan fingerprint density at radius 3 is 1.22 bits per heavy atom. The van der Waals surface area contributed by atoms with Crippen LogP contribution in [-0.4, -0.2) is 50.9 Å². The van der Waals surface area contributed by atoms with E-state index in [0.717, 1.165) is 32.8 Å². The monoisotopic (exact) mass is 1250 g/mol. The van der Waals surface area contributed by atoms with Crippen LogP contribution >= 0.6 is 0 Å². The number of benzene rings is 8. The summed E-state index contributed by atoms with van der Waals surface area (Å²) in [6.45, 7) is 5.51. The van der Waals surface area contributed by atoms with E-state index in [1.807, 2.05) is 69.3 Å². The van der Waals surface area contributed by atoms with Crippen LogP contribution in [0.1, 0.15) is 27.0 Å². The highest BCUT2D eigenvalue weighted by Gasteiger charge is 2.25. The van der Waals surface area contributed by atoms with Crippen molar-refractivity contribution < 1.29 is 41.8 Å². The Labute approximate surface area is 529 Å². The summed E-state index contributed by atoms with van der Waals surface area (Å²) in [5.74, 6) is 2.04. The second kappa shape index (κ2) is 21.3. The van der Waals surface area contributed by atoms with Crippen molar-refractivity contribution in [1.29, 1.82) is 0 Å². The number of carboxylic acid groups (broad SMARTS) is 1. The topological polar surface area (TPSA) is 319 Å². The smallest absolute Gasteiger partial charge is 0.351 e. The number of carboxylic acids is 1. The average Bonchev–Trinajstić information content (AvgIpc) is 1.61. The van der Waals surface area contributed by atoms with Gasteiger partial charge in [-0.05, 0) is 171 Å². The molecular formula is C72H40N10O13. The molecule has 0 atom stereocenters. The number of azo groups is 1. The number of ether oxygens (including phenoxy) is 3. The highest BCUT2D eigenvalue weighted by molar-refractivity contribution is 6.07. The molecule has 95 heavy (non-hydrogen) atoms. The summed E-state index contributed by atoms with van der Waals surface area (Å²) < 4.78 is 41.4. The maximum absolute atomic E-state index is 12.4. The van der Waals surface area contributed by atoms with Crippen molar-refractivity contribution in [2.75, 3.05) is 0 Å². The number of fused-ring (bicyclic) bond motifs is 24. The Balaban J connectivity index is 0.871. The number of hydrogen-bond donors (Lipinski definition) is 3. The molecule has 2 aliphatic rings. The van der Waals surface area contributed by atoms with Gasteiger partial charge in [0.15, 0.2) is 23.3 Å². The van der Waals surface area contributed by atoms with Gasteiger partial charge in [-0.15, -0.1) is 0 Å². The quantitative estimate of drug-likeness (QED) is 0.0893. The summed E-state index contributed by atoms with van der Waals surface area (Å²) in [6, 6.07) is 47.6. The summed E-state index contributed by atoms with van der Waals surface area (Å²) in [7, 11) is 0. The van der Waals surface area contributed by atoms with Crippen molar-refractivity contribution in [3.8, 4) is 80.0 Å². The molecule has 8 aromatic carbocycles. The number of aromatic amines is 2. The Morgan fingerprint density at radius 1 is 0.368 bits per heavy atom. The molecule has 0 radical (unpaired) electrons. The lowest BCUT2D eigenvalue weighted by atomic mass is 10.1. The van der Waals surface area contributed by atoms with Gasteiger partial charge in [0.1, 0.15) is 85.0 Å². The van der Waals surface area contributed by atoms with E-state index < -0.39 is 34.0 Å². The lowest BCUT2D eigenvalue weighted by Gasteiger charge is -2.09. The number of aromatic carboxylic acids is 1. The molecule has 23 nitrogen and oxygen atoms in total. The van der Waals surface area contributed by atoms with Crippen LogP contribution in [0.2, 0.25) is 0 Å². The zero-order chi connectivity index (χ0) is 64.5. The van der Waals surface area contributed by atoms with Crippen LogP contribution in [0.3, 0.4) is 0 Å². The number of rotatable bonds is 9. The van der Waals surface area contributed by atoms with Crippen LogP contribution in [0, 0.1) is 20.8 Å². The minimum absolute atomic E-state index is 0.174. The lowest BCUT2D eigenvalue weighted by Crippen LogP contribution is -2.12. The molecule has 0 aliphatic carbocycles. The van der Waals surface area contributed by atoms with E-state index in [4.69, 9.17) is 61.8 Å². The van der Waals surface area contributed by atoms with Crippen molar-refractivity contribution in [2.45, 2.75) is 20.8 Å². The molecule has 0 amide bonds. The van der Waals surface area contributed by atoms with Gasteiger partial charge in [0.2, 0.25) is 0 Å². The van der Waals surface area contributed by atoms with E-state index in [9.17, 15) is 29.1 Å². The van der Waals surface area contributed by atoms with E-state index in [1.165, 1.54) is 30.3 Å². The standard InChI is InChI=1S/C72H40N10O13/c1-32-20-60(83)92-57-29-41(6-13-44(32)57)89-38-9-16-48-52(26-38)69-76-64(48)74-67-51-25-37(82-81-36-5-19-56-35(23-36)24-55(71(86)87)72(88)95-56)4-12-47(51)63(73-67)75-68-53-27-39(90-42-7-14-45-33(2)21-61(84)93-58(45)30-42)10-17-49(53)65(77-68)79-70-54-28-40(11-18-50(54)66(78-69)80-70)91-43-8-15-46-34(3)22-62(85)94-59(46)31-43/h4-31H,1-3H3,(H,86,87)(H2,73,74,75,76,77,78,79,80). The Morgan fingerprint density at radius 2 is 0.747 bits per heavy atom. The lowest BCUT2D eigenvalue weighted by molar-refractivity contribution is 0.0692. The minimum atomic E-state index is -1.43. The fourth-order valence-electron chi connectivity index (χ4n) is 11.9. The molecule has 8 bridgehead atoms. The van der Waals surface area contributed by atoms with Crippen molar-refractivity contribution in [3.63, 3.8) is 0 Å². The zero-order valence-corrected chi connectivity index (χ0v) is 49.6. The van der Waals surface area contributed by atoms with Gasteiger partial charge in [-0.25, -0.2) is 53.9 Å². The summed E-state index contributed by atoms with van der Waals surface area (Å²) in [6.07, 6.45) is 0. The molecular weight excluding hydrogens is 1210 g/mol. The predicted molar refractivity (Wildman–Crippen MR) is 352 cm³/mol. The summed E-state index contributed by atoms with van der Waals surface area (Å²) >= 11 is 0. The maximum Gasteiger partial charge on any atom is 0.351 e. The Hall–Kier alpha value is -13.6. The van der Waals surface area contributed by atoms with E-state index >= 15 is 0 Å². The van der Waals surface area contributed by atoms with Crippen molar-refractivity contribution in [1.82, 2.24) is 39.9 Å². The van der Waals surface area contributed by atoms with Gasteiger partial charge in [-0.3, -0.25) is 0 Å². The molecule has 0 spiro atoms. The summed E-state index contributed by atoms with van der Waals surface area (Å²) in [4.78, 5) is 99.7. The van der Waals surface area contributed by atoms with Crippen LogP contribution < -0.4 is 36.7 Å². The highest BCUT2D eigenvalue weighted by atomic mass is 16.5. The molecule has 456 valence electrons. The van der Waals surface area contributed by atoms with Crippen molar-refractivity contribution >= 4 is 105 Å². The molecule has 2 aliphatic heterocycles. The highest BCUT2D eigenvalue weighted by Crippen LogP contribution is 2.43. The molecule has 0 fully saturated rings. The molecule has 9 heterocycles. The van der Waals surface area contributed by atoms with E-state index in [2.05, 4.69) is 20.2 Å². The predicted octanol–water partition coefficient (Wildman–Crippen LogP) is 15.7. The molecule has 3 N–H and O–H groups in total.